The highest BCUT2D eigenvalue weighted by Crippen LogP contribution is 2.33. The summed E-state index contributed by atoms with van der Waals surface area (Å²) < 4.78 is 66.7. The van der Waals surface area contributed by atoms with Gasteiger partial charge in [-0.2, -0.15) is 22.0 Å². The first-order valence-electron chi connectivity index (χ1n) is 7.11. The molecule has 2 N–H and O–H groups in total. The van der Waals surface area contributed by atoms with Gasteiger partial charge >= 0.3 is 12.8 Å². The lowest BCUT2D eigenvalue weighted by Crippen LogP contribution is -2.22. The SMILES string of the molecule is O=C(CNc1ccc(C(F)(F)F)cc1Cl)Nc1ccccc1OC(F)F. The lowest BCUT2D eigenvalue weighted by atomic mass is 10.2. The smallest absolute Gasteiger partial charge is 0.416 e. The Balaban J connectivity index is 2.00. The van der Waals surface area contributed by atoms with Crippen molar-refractivity contribution >= 4 is 28.9 Å². The van der Waals surface area contributed by atoms with Crippen molar-refractivity contribution in [3.63, 3.8) is 0 Å². The summed E-state index contributed by atoms with van der Waals surface area (Å²) in [5.74, 6) is -0.852. The summed E-state index contributed by atoms with van der Waals surface area (Å²) in [5.41, 5.74) is -0.777. The molecule has 0 bridgehead atoms. The second kappa shape index (κ2) is 8.22. The molecule has 10 heteroatoms. The fraction of sp³-hybridized carbons (Fsp3) is 0.188. The Kier molecular flexibility index (Phi) is 6.25. The van der Waals surface area contributed by atoms with Crippen molar-refractivity contribution in [1.29, 1.82) is 0 Å². The summed E-state index contributed by atoms with van der Waals surface area (Å²) in [5, 5.41) is 4.72. The van der Waals surface area contributed by atoms with Crippen LogP contribution in [0.4, 0.5) is 33.3 Å². The number of carbonyl (C=O) groups is 1. The fourth-order valence-electron chi connectivity index (χ4n) is 1.97. The zero-order valence-electron chi connectivity index (χ0n) is 12.9. The number of para-hydroxylation sites is 2. The summed E-state index contributed by atoms with van der Waals surface area (Å²) in [6.07, 6.45) is -4.53. The van der Waals surface area contributed by atoms with Crippen molar-refractivity contribution in [2.75, 3.05) is 17.2 Å². The molecule has 0 aliphatic heterocycles. The Hall–Kier alpha value is -2.55. The van der Waals surface area contributed by atoms with Gasteiger partial charge in [0.1, 0.15) is 5.75 Å². The van der Waals surface area contributed by atoms with E-state index in [0.717, 1.165) is 18.2 Å². The van der Waals surface area contributed by atoms with Crippen LogP contribution in [0.3, 0.4) is 0 Å². The van der Waals surface area contributed by atoms with Crippen LogP contribution in [0.1, 0.15) is 5.56 Å². The average Bonchev–Trinajstić information content (AvgIpc) is 2.54. The van der Waals surface area contributed by atoms with E-state index in [-0.39, 0.29) is 28.7 Å². The maximum atomic E-state index is 12.6. The van der Waals surface area contributed by atoms with Gasteiger partial charge in [0.2, 0.25) is 5.91 Å². The number of hydrogen-bond donors (Lipinski definition) is 2. The highest BCUT2D eigenvalue weighted by atomic mass is 35.5. The monoisotopic (exact) mass is 394 g/mol. The first-order chi connectivity index (χ1) is 12.2. The zero-order valence-corrected chi connectivity index (χ0v) is 13.7. The van der Waals surface area contributed by atoms with Crippen LogP contribution < -0.4 is 15.4 Å². The van der Waals surface area contributed by atoms with Gasteiger partial charge in [-0.1, -0.05) is 23.7 Å². The largest absolute Gasteiger partial charge is 0.433 e. The Morgan fingerprint density at radius 1 is 1.12 bits per heavy atom. The summed E-state index contributed by atoms with van der Waals surface area (Å²) in [6, 6.07) is 8.21. The van der Waals surface area contributed by atoms with Crippen molar-refractivity contribution in [2.45, 2.75) is 12.8 Å². The van der Waals surface area contributed by atoms with Crippen LogP contribution >= 0.6 is 11.6 Å². The molecule has 0 unspecified atom stereocenters. The summed E-state index contributed by atoms with van der Waals surface area (Å²) in [7, 11) is 0. The van der Waals surface area contributed by atoms with Crippen LogP contribution in [-0.2, 0) is 11.0 Å². The van der Waals surface area contributed by atoms with Gasteiger partial charge < -0.3 is 15.4 Å². The standard InChI is InChI=1S/C16H12ClF5N2O2/c17-10-7-9(16(20,21)22)5-6-11(10)23-8-14(25)24-12-3-1-2-4-13(12)26-15(18)19/h1-7,15,23H,8H2,(H,24,25). The number of rotatable bonds is 6. The number of halogens is 6. The molecule has 1 amide bonds. The van der Waals surface area contributed by atoms with E-state index in [1.165, 1.54) is 24.3 Å². The van der Waals surface area contributed by atoms with Crippen molar-refractivity contribution in [3.8, 4) is 5.75 Å². The Morgan fingerprint density at radius 2 is 1.81 bits per heavy atom. The maximum Gasteiger partial charge on any atom is 0.416 e. The molecule has 0 atom stereocenters. The molecule has 0 aromatic heterocycles. The van der Waals surface area contributed by atoms with Crippen LogP contribution in [0.25, 0.3) is 0 Å². The first-order valence-corrected chi connectivity index (χ1v) is 7.49. The number of hydrogen-bond acceptors (Lipinski definition) is 3. The van der Waals surface area contributed by atoms with Crippen LogP contribution in [0.15, 0.2) is 42.5 Å². The third-order valence-corrected chi connectivity index (χ3v) is 3.43. The molecule has 0 saturated heterocycles. The summed E-state index contributed by atoms with van der Waals surface area (Å²) in [4.78, 5) is 11.9. The molecule has 2 aromatic rings. The molecule has 4 nitrogen and oxygen atoms in total. The molecule has 140 valence electrons. The number of amides is 1. The van der Waals surface area contributed by atoms with Crippen molar-refractivity contribution in [2.24, 2.45) is 0 Å². The third-order valence-electron chi connectivity index (χ3n) is 3.11. The number of nitrogens with one attached hydrogen (secondary N) is 2. The lowest BCUT2D eigenvalue weighted by Gasteiger charge is -2.13. The van der Waals surface area contributed by atoms with E-state index in [1.54, 1.807) is 0 Å². The molecule has 2 aromatic carbocycles. The Labute approximate surface area is 149 Å². The molecule has 0 heterocycles. The molecule has 0 radical (unpaired) electrons. The van der Waals surface area contributed by atoms with Crippen LogP contribution in [0.2, 0.25) is 5.02 Å². The quantitative estimate of drug-likeness (QED) is 0.677. The van der Waals surface area contributed by atoms with Crippen molar-refractivity contribution in [3.05, 3.63) is 53.1 Å². The lowest BCUT2D eigenvalue weighted by molar-refractivity contribution is -0.137. The third kappa shape index (κ3) is 5.48. The van der Waals surface area contributed by atoms with E-state index in [0.29, 0.717) is 0 Å². The molecule has 0 aliphatic rings. The van der Waals surface area contributed by atoms with Gasteiger partial charge in [0, 0.05) is 0 Å². The average molecular weight is 395 g/mol. The highest BCUT2D eigenvalue weighted by Gasteiger charge is 2.30. The molecule has 2 rings (SSSR count). The van der Waals surface area contributed by atoms with Gasteiger partial charge in [0.05, 0.1) is 28.5 Å². The Morgan fingerprint density at radius 3 is 2.42 bits per heavy atom. The van der Waals surface area contributed by atoms with Crippen LogP contribution in [0.5, 0.6) is 5.75 Å². The van der Waals surface area contributed by atoms with E-state index in [2.05, 4.69) is 15.4 Å². The normalized spacial score (nSPS) is 11.3. The van der Waals surface area contributed by atoms with Gasteiger partial charge in [0.15, 0.2) is 0 Å². The van der Waals surface area contributed by atoms with E-state index in [1.807, 2.05) is 0 Å². The van der Waals surface area contributed by atoms with E-state index in [4.69, 9.17) is 11.6 Å². The molecule has 0 aliphatic carbocycles. The minimum absolute atomic E-state index is 0.0260. The zero-order chi connectivity index (χ0) is 19.3. The molecule has 0 fully saturated rings. The van der Waals surface area contributed by atoms with E-state index in [9.17, 15) is 26.7 Å². The van der Waals surface area contributed by atoms with Gasteiger partial charge in [-0.3, -0.25) is 4.79 Å². The fourth-order valence-corrected chi connectivity index (χ4v) is 2.22. The Bertz CT molecular complexity index is 783. The number of ether oxygens (including phenoxy) is 1. The second-order valence-corrected chi connectivity index (χ2v) is 5.38. The minimum Gasteiger partial charge on any atom is -0.433 e. The summed E-state index contributed by atoms with van der Waals surface area (Å²) in [6.45, 7) is -3.41. The maximum absolute atomic E-state index is 12.6. The van der Waals surface area contributed by atoms with Gasteiger partial charge in [-0.25, -0.2) is 0 Å². The minimum atomic E-state index is -4.53. The second-order valence-electron chi connectivity index (χ2n) is 4.97. The molecular weight excluding hydrogens is 383 g/mol. The van der Waals surface area contributed by atoms with E-state index >= 15 is 0 Å². The topological polar surface area (TPSA) is 50.4 Å². The number of anilines is 2. The van der Waals surface area contributed by atoms with Crippen molar-refractivity contribution in [1.82, 2.24) is 0 Å². The molecular formula is C16H12ClF5N2O2. The van der Waals surface area contributed by atoms with Gasteiger partial charge in [-0.15, -0.1) is 0 Å². The van der Waals surface area contributed by atoms with Gasteiger partial charge in [0.25, 0.3) is 0 Å². The highest BCUT2D eigenvalue weighted by molar-refractivity contribution is 6.33. The predicted octanol–water partition coefficient (Wildman–Crippen LogP) is 5.01. The van der Waals surface area contributed by atoms with Crippen molar-refractivity contribution < 1.29 is 31.5 Å². The molecule has 26 heavy (non-hydrogen) atoms. The number of alkyl halides is 5. The van der Waals surface area contributed by atoms with Crippen LogP contribution in [-0.4, -0.2) is 19.1 Å². The van der Waals surface area contributed by atoms with E-state index < -0.39 is 24.3 Å². The number of benzene rings is 2. The molecule has 0 spiro atoms. The number of carbonyl (C=O) groups excluding carboxylic acids is 1. The van der Waals surface area contributed by atoms with Gasteiger partial charge in [-0.05, 0) is 30.3 Å². The van der Waals surface area contributed by atoms with Crippen LogP contribution in [0, 0.1) is 0 Å². The molecule has 0 saturated carbocycles. The summed E-state index contributed by atoms with van der Waals surface area (Å²) >= 11 is 5.76. The first kappa shape index (κ1) is 19.8. The predicted molar refractivity (Wildman–Crippen MR) is 86.6 cm³/mol.